The zero-order valence-corrected chi connectivity index (χ0v) is 10.7. The van der Waals surface area contributed by atoms with E-state index in [0.29, 0.717) is 6.61 Å². The zero-order valence-electron chi connectivity index (χ0n) is 9.72. The average molecular weight is 214 g/mol. The van der Waals surface area contributed by atoms with Crippen molar-refractivity contribution < 1.29 is 13.7 Å². The van der Waals surface area contributed by atoms with Crippen LogP contribution in [-0.4, -0.2) is 22.2 Å². The van der Waals surface area contributed by atoms with E-state index in [-0.39, 0.29) is 0 Å². The van der Waals surface area contributed by atoms with Crippen LogP contribution in [0.3, 0.4) is 0 Å². The fourth-order valence-corrected chi connectivity index (χ4v) is 3.13. The number of rotatable bonds is 3. The molecule has 0 spiro atoms. The van der Waals surface area contributed by atoms with Crippen LogP contribution in [0.1, 0.15) is 27.2 Å². The van der Waals surface area contributed by atoms with Crippen LogP contribution in [0.2, 0.25) is 13.1 Å². The van der Waals surface area contributed by atoms with Gasteiger partial charge >= 0.3 is 7.32 Å². The Hall–Kier alpha value is -0.258. The maximum Gasteiger partial charge on any atom is 0.702 e. The topological polar surface area (TPSA) is 27.7 Å². The molecule has 0 unspecified atom stereocenters. The van der Waals surface area contributed by atoms with Crippen LogP contribution >= 0.6 is 0 Å². The van der Waals surface area contributed by atoms with Crippen LogP contribution in [0.25, 0.3) is 0 Å². The predicted octanol–water partition coefficient (Wildman–Crippen LogP) is 2.48. The molecule has 1 aliphatic heterocycles. The van der Waals surface area contributed by atoms with Crippen molar-refractivity contribution in [3.8, 4) is 0 Å². The molecule has 0 fully saturated rings. The van der Waals surface area contributed by atoms with Gasteiger partial charge in [0.1, 0.15) is 0 Å². The molecular formula is C9H19BO3Si. The molecule has 0 radical (unpaired) electrons. The lowest BCUT2D eigenvalue weighted by atomic mass is 10.2. The van der Waals surface area contributed by atoms with Gasteiger partial charge in [-0.05, 0) is 38.6 Å². The Morgan fingerprint density at radius 1 is 1.36 bits per heavy atom. The van der Waals surface area contributed by atoms with Crippen LogP contribution in [0.5, 0.6) is 0 Å². The van der Waals surface area contributed by atoms with Crippen molar-refractivity contribution in [2.45, 2.75) is 40.3 Å². The Morgan fingerprint density at radius 2 is 2.00 bits per heavy atom. The predicted molar refractivity (Wildman–Crippen MR) is 60.0 cm³/mol. The Morgan fingerprint density at radius 3 is 2.50 bits per heavy atom. The van der Waals surface area contributed by atoms with Crippen molar-refractivity contribution in [2.75, 3.05) is 6.61 Å². The second-order valence-corrected chi connectivity index (χ2v) is 7.90. The Balaban J connectivity index is 2.82. The zero-order chi connectivity index (χ0) is 10.8. The molecule has 5 heteroatoms. The lowest BCUT2D eigenvalue weighted by Crippen LogP contribution is -2.47. The van der Waals surface area contributed by atoms with E-state index in [2.05, 4.69) is 26.9 Å². The molecule has 80 valence electrons. The quantitative estimate of drug-likeness (QED) is 0.675. The van der Waals surface area contributed by atoms with Gasteiger partial charge in [0.05, 0.1) is 5.76 Å². The molecule has 0 aromatic rings. The lowest BCUT2D eigenvalue weighted by Gasteiger charge is -2.34. The minimum Gasteiger partial charge on any atom is -0.516 e. The van der Waals surface area contributed by atoms with Crippen molar-refractivity contribution in [2.24, 2.45) is 0 Å². The monoisotopic (exact) mass is 214 g/mol. The van der Waals surface area contributed by atoms with Crippen molar-refractivity contribution in [1.82, 2.24) is 0 Å². The molecule has 0 aromatic carbocycles. The summed E-state index contributed by atoms with van der Waals surface area (Å²) in [7, 11) is -2.23. The van der Waals surface area contributed by atoms with E-state index in [0.717, 1.165) is 12.2 Å². The smallest absolute Gasteiger partial charge is 0.516 e. The highest BCUT2D eigenvalue weighted by Crippen LogP contribution is 2.28. The normalized spacial score (nSPS) is 21.1. The standard InChI is InChI=1S/C9H19BO3Si/c1-6-9-8(3)14(4,5)13-10(12-9)11-7-2/h6-7H2,1-5H3. The molecule has 0 saturated heterocycles. The number of hydrogen-bond donors (Lipinski definition) is 0. The molecule has 0 bridgehead atoms. The second kappa shape index (κ2) is 4.51. The maximum absolute atomic E-state index is 5.80. The first-order valence-electron chi connectivity index (χ1n) is 5.17. The third kappa shape index (κ3) is 2.40. The molecule has 1 heterocycles. The van der Waals surface area contributed by atoms with E-state index in [1.165, 1.54) is 5.20 Å². The molecule has 0 saturated carbocycles. The van der Waals surface area contributed by atoms with Crippen LogP contribution in [0, 0.1) is 0 Å². The minimum absolute atomic E-state index is 0.486. The van der Waals surface area contributed by atoms with Gasteiger partial charge in [0.2, 0.25) is 8.32 Å². The molecular weight excluding hydrogens is 195 g/mol. The summed E-state index contributed by atoms with van der Waals surface area (Å²) >= 11 is 0. The van der Waals surface area contributed by atoms with Gasteiger partial charge in [0, 0.05) is 6.61 Å². The SMILES string of the molecule is CCOB1OC(CC)=C(C)[Si](C)(C)O1. The Kier molecular flexibility index (Phi) is 3.80. The Labute approximate surface area is 87.7 Å². The summed E-state index contributed by atoms with van der Waals surface area (Å²) in [5.74, 6) is 1.05. The highest BCUT2D eigenvalue weighted by atomic mass is 28.4. The highest BCUT2D eigenvalue weighted by molar-refractivity contribution is 6.83. The van der Waals surface area contributed by atoms with E-state index < -0.39 is 15.6 Å². The first-order valence-corrected chi connectivity index (χ1v) is 8.08. The first kappa shape index (κ1) is 11.8. The van der Waals surface area contributed by atoms with Gasteiger partial charge in [-0.1, -0.05) is 6.92 Å². The number of hydrogen-bond acceptors (Lipinski definition) is 3. The van der Waals surface area contributed by atoms with Gasteiger partial charge in [-0.15, -0.1) is 0 Å². The summed E-state index contributed by atoms with van der Waals surface area (Å²) in [5, 5.41) is 1.29. The first-order chi connectivity index (χ1) is 6.51. The van der Waals surface area contributed by atoms with Crippen LogP contribution in [-0.2, 0) is 13.7 Å². The minimum atomic E-state index is -1.75. The lowest BCUT2D eigenvalue weighted by molar-refractivity contribution is 0.167. The molecule has 3 nitrogen and oxygen atoms in total. The highest BCUT2D eigenvalue weighted by Gasteiger charge is 2.41. The van der Waals surface area contributed by atoms with Gasteiger partial charge in [0.25, 0.3) is 0 Å². The van der Waals surface area contributed by atoms with E-state index in [1.54, 1.807) is 0 Å². The molecule has 0 aromatic heterocycles. The molecule has 1 rings (SSSR count). The van der Waals surface area contributed by atoms with Gasteiger partial charge in [-0.3, -0.25) is 0 Å². The van der Waals surface area contributed by atoms with Crippen molar-refractivity contribution in [3.63, 3.8) is 0 Å². The Bertz CT molecular complexity index is 240. The van der Waals surface area contributed by atoms with E-state index >= 15 is 0 Å². The van der Waals surface area contributed by atoms with Gasteiger partial charge in [-0.2, -0.15) is 0 Å². The summed E-state index contributed by atoms with van der Waals surface area (Å²) in [6, 6.07) is 0. The molecule has 0 atom stereocenters. The third-order valence-electron chi connectivity index (χ3n) is 2.57. The largest absolute Gasteiger partial charge is 0.702 e. The molecule has 0 amide bonds. The summed E-state index contributed by atoms with van der Waals surface area (Å²) in [6.07, 6.45) is 0.912. The van der Waals surface area contributed by atoms with Gasteiger partial charge in [-0.25, -0.2) is 0 Å². The fraction of sp³-hybridized carbons (Fsp3) is 0.778. The summed E-state index contributed by atoms with van der Waals surface area (Å²) in [5.41, 5.74) is 0. The molecule has 0 aliphatic carbocycles. The maximum atomic E-state index is 5.80. The van der Waals surface area contributed by atoms with Crippen LogP contribution < -0.4 is 0 Å². The molecule has 0 N–H and O–H groups in total. The van der Waals surface area contributed by atoms with Gasteiger partial charge in [0.15, 0.2) is 0 Å². The van der Waals surface area contributed by atoms with E-state index in [9.17, 15) is 0 Å². The summed E-state index contributed by atoms with van der Waals surface area (Å²) < 4.78 is 16.7. The van der Waals surface area contributed by atoms with Crippen LogP contribution in [0.15, 0.2) is 11.0 Å². The van der Waals surface area contributed by atoms with E-state index in [4.69, 9.17) is 13.7 Å². The number of allylic oxidation sites excluding steroid dienone is 2. The van der Waals surface area contributed by atoms with E-state index in [1.807, 2.05) is 6.92 Å². The summed E-state index contributed by atoms with van der Waals surface area (Å²) in [6.45, 7) is 11.1. The second-order valence-electron chi connectivity index (χ2n) is 3.89. The van der Waals surface area contributed by atoms with Gasteiger partial charge < -0.3 is 13.7 Å². The summed E-state index contributed by atoms with van der Waals surface area (Å²) in [4.78, 5) is 0. The third-order valence-corrected chi connectivity index (χ3v) is 5.44. The van der Waals surface area contributed by atoms with Crippen LogP contribution in [0.4, 0.5) is 0 Å². The van der Waals surface area contributed by atoms with Crippen molar-refractivity contribution in [3.05, 3.63) is 11.0 Å². The van der Waals surface area contributed by atoms with Crippen molar-refractivity contribution >= 4 is 15.6 Å². The fourth-order valence-electron chi connectivity index (χ4n) is 1.45. The average Bonchev–Trinajstić information content (AvgIpc) is 2.11. The van der Waals surface area contributed by atoms with Crippen molar-refractivity contribution in [1.29, 1.82) is 0 Å². The molecule has 14 heavy (non-hydrogen) atoms. The molecule has 1 aliphatic rings.